The Morgan fingerprint density at radius 3 is 2.55 bits per heavy atom. The van der Waals surface area contributed by atoms with E-state index in [-0.39, 0.29) is 0 Å². The van der Waals surface area contributed by atoms with Gasteiger partial charge < -0.3 is 0 Å². The lowest BCUT2D eigenvalue weighted by Gasteiger charge is -2.18. The van der Waals surface area contributed by atoms with Crippen LogP contribution in [0.3, 0.4) is 0 Å². The summed E-state index contributed by atoms with van der Waals surface area (Å²) in [5.74, 6) is 0. The molecule has 0 bridgehead atoms. The second-order valence-electron chi connectivity index (χ2n) is 5.48. The lowest BCUT2D eigenvalue weighted by Crippen LogP contribution is -2.17. The molecule has 0 saturated carbocycles. The highest BCUT2D eigenvalue weighted by Gasteiger charge is 2.10. The van der Waals surface area contributed by atoms with Gasteiger partial charge in [0, 0.05) is 10.9 Å². The third-order valence-corrected chi connectivity index (χ3v) is 4.05. The zero-order valence-corrected chi connectivity index (χ0v) is 13.3. The molecule has 0 aliphatic heterocycles. The lowest BCUT2D eigenvalue weighted by atomic mass is 10.1. The van der Waals surface area contributed by atoms with Gasteiger partial charge in [0.15, 0.2) is 0 Å². The Labute approximate surface area is 134 Å². The Bertz CT molecular complexity index is 815. The van der Waals surface area contributed by atoms with Crippen molar-refractivity contribution in [3.8, 4) is 0 Å². The van der Waals surface area contributed by atoms with Crippen LogP contribution in [-0.2, 0) is 6.54 Å². The third-order valence-electron chi connectivity index (χ3n) is 3.73. The molecule has 1 aromatic heterocycles. The van der Waals surface area contributed by atoms with Gasteiger partial charge in [-0.15, -0.1) is 0 Å². The number of hydrogen-bond acceptors (Lipinski definition) is 3. The molecule has 3 aromatic rings. The van der Waals surface area contributed by atoms with Crippen LogP contribution in [0.5, 0.6) is 0 Å². The van der Waals surface area contributed by atoms with E-state index < -0.39 is 0 Å². The van der Waals surface area contributed by atoms with Crippen molar-refractivity contribution in [1.82, 2.24) is 4.98 Å². The van der Waals surface area contributed by atoms with Gasteiger partial charge in [0.25, 0.3) is 0 Å². The van der Waals surface area contributed by atoms with Crippen molar-refractivity contribution in [2.24, 2.45) is 0 Å². The Hall–Kier alpha value is -2.10. The van der Waals surface area contributed by atoms with Crippen LogP contribution in [0.2, 0.25) is 5.15 Å². The van der Waals surface area contributed by atoms with Crippen LogP contribution in [0.4, 0.5) is 5.69 Å². The lowest BCUT2D eigenvalue weighted by molar-refractivity contribution is 0.250. The molecule has 0 radical (unpaired) electrons. The minimum absolute atomic E-state index is 0.290. The summed E-state index contributed by atoms with van der Waals surface area (Å²) in [5.41, 5.74) is 4.66. The minimum Gasteiger partial charge on any atom is -0.288 e. The quantitative estimate of drug-likeness (QED) is 0.552. The maximum absolute atomic E-state index is 10.3. The molecule has 0 amide bonds. The molecule has 112 valence electrons. The molecule has 3 rings (SSSR count). The fourth-order valence-electron chi connectivity index (χ4n) is 2.45. The second-order valence-corrected chi connectivity index (χ2v) is 5.84. The average Bonchev–Trinajstić information content (AvgIpc) is 2.50. The number of anilines is 1. The van der Waals surface area contributed by atoms with E-state index >= 15 is 0 Å². The van der Waals surface area contributed by atoms with Crippen molar-refractivity contribution in [2.45, 2.75) is 20.4 Å². The summed E-state index contributed by atoms with van der Waals surface area (Å²) in [6, 6.07) is 15.7. The molecule has 0 fully saturated rings. The molecule has 1 N–H and O–H groups in total. The molecule has 3 nitrogen and oxygen atoms in total. The Morgan fingerprint density at radius 2 is 1.82 bits per heavy atom. The zero-order valence-electron chi connectivity index (χ0n) is 12.5. The van der Waals surface area contributed by atoms with Gasteiger partial charge in [0.2, 0.25) is 0 Å². The highest BCUT2D eigenvalue weighted by Crippen LogP contribution is 2.25. The number of hydrogen-bond donors (Lipinski definition) is 1. The highest BCUT2D eigenvalue weighted by molar-refractivity contribution is 6.30. The van der Waals surface area contributed by atoms with Crippen molar-refractivity contribution in [2.75, 3.05) is 5.06 Å². The normalized spacial score (nSPS) is 10.9. The maximum Gasteiger partial charge on any atom is 0.134 e. The monoisotopic (exact) mass is 312 g/mol. The topological polar surface area (TPSA) is 36.4 Å². The molecule has 0 atom stereocenters. The van der Waals surface area contributed by atoms with Gasteiger partial charge in [-0.2, -0.15) is 0 Å². The van der Waals surface area contributed by atoms with Gasteiger partial charge in [-0.25, -0.2) is 4.98 Å². The summed E-state index contributed by atoms with van der Waals surface area (Å²) in [5, 5.41) is 12.9. The molecule has 0 aliphatic carbocycles. The average molecular weight is 313 g/mol. The standard InChI is InChI=1S/C18H17ClN2O/c1-12-6-8-16(9-7-12)21(22)11-15-10-14-5-3-4-13(2)17(14)20-18(15)19/h3-10,22H,11H2,1-2H3. The van der Waals surface area contributed by atoms with Crippen LogP contribution in [-0.4, -0.2) is 10.2 Å². The van der Waals surface area contributed by atoms with E-state index in [0.29, 0.717) is 11.7 Å². The Balaban J connectivity index is 1.93. The van der Waals surface area contributed by atoms with Crippen molar-refractivity contribution >= 4 is 28.2 Å². The van der Waals surface area contributed by atoms with Gasteiger partial charge in [-0.05, 0) is 37.6 Å². The zero-order chi connectivity index (χ0) is 15.7. The third kappa shape index (κ3) is 2.91. The second kappa shape index (κ2) is 5.95. The summed E-state index contributed by atoms with van der Waals surface area (Å²) >= 11 is 6.28. The molecule has 1 heterocycles. The number of para-hydroxylation sites is 1. The molecule has 0 saturated heterocycles. The fraction of sp³-hybridized carbons (Fsp3) is 0.167. The van der Waals surface area contributed by atoms with E-state index in [0.717, 1.165) is 33.3 Å². The van der Waals surface area contributed by atoms with E-state index in [4.69, 9.17) is 11.6 Å². The van der Waals surface area contributed by atoms with Gasteiger partial charge >= 0.3 is 0 Å². The van der Waals surface area contributed by atoms with Gasteiger partial charge in [-0.3, -0.25) is 10.3 Å². The molecule has 0 spiro atoms. The maximum atomic E-state index is 10.3. The van der Waals surface area contributed by atoms with Crippen LogP contribution in [0.25, 0.3) is 10.9 Å². The number of pyridine rings is 1. The van der Waals surface area contributed by atoms with E-state index in [2.05, 4.69) is 4.98 Å². The summed E-state index contributed by atoms with van der Waals surface area (Å²) in [7, 11) is 0. The van der Waals surface area contributed by atoms with E-state index in [1.807, 2.05) is 62.4 Å². The number of aromatic nitrogens is 1. The van der Waals surface area contributed by atoms with Crippen molar-refractivity contribution in [3.63, 3.8) is 0 Å². The summed E-state index contributed by atoms with van der Waals surface area (Å²) < 4.78 is 0. The molecular weight excluding hydrogens is 296 g/mol. The number of nitrogens with zero attached hydrogens (tertiary/aromatic N) is 2. The number of fused-ring (bicyclic) bond motifs is 1. The minimum atomic E-state index is 0.290. The number of aryl methyl sites for hydroxylation is 2. The molecule has 0 unspecified atom stereocenters. The first-order valence-electron chi connectivity index (χ1n) is 7.12. The van der Waals surface area contributed by atoms with Crippen LogP contribution >= 0.6 is 11.6 Å². The van der Waals surface area contributed by atoms with Gasteiger partial charge in [0.1, 0.15) is 5.15 Å². The SMILES string of the molecule is Cc1ccc(N(O)Cc2cc3cccc(C)c3nc2Cl)cc1. The Kier molecular flexibility index (Phi) is 4.01. The predicted molar refractivity (Wildman–Crippen MR) is 90.6 cm³/mol. The van der Waals surface area contributed by atoms with Crippen LogP contribution in [0.1, 0.15) is 16.7 Å². The first-order chi connectivity index (χ1) is 10.5. The fourth-order valence-corrected chi connectivity index (χ4v) is 2.65. The number of halogens is 1. The first-order valence-corrected chi connectivity index (χ1v) is 7.50. The molecule has 2 aromatic carbocycles. The van der Waals surface area contributed by atoms with Crippen molar-refractivity contribution < 1.29 is 5.21 Å². The number of benzene rings is 2. The number of hydroxylamine groups is 1. The van der Waals surface area contributed by atoms with Crippen LogP contribution < -0.4 is 5.06 Å². The number of rotatable bonds is 3. The largest absolute Gasteiger partial charge is 0.288 e. The van der Waals surface area contributed by atoms with Crippen molar-refractivity contribution in [1.29, 1.82) is 0 Å². The van der Waals surface area contributed by atoms with E-state index in [1.165, 1.54) is 5.06 Å². The molecule has 22 heavy (non-hydrogen) atoms. The van der Waals surface area contributed by atoms with E-state index in [9.17, 15) is 5.21 Å². The predicted octanol–water partition coefficient (Wildman–Crippen LogP) is 4.90. The summed E-state index contributed by atoms with van der Waals surface area (Å²) in [6.45, 7) is 4.31. The summed E-state index contributed by atoms with van der Waals surface area (Å²) in [6.07, 6.45) is 0. The molecule has 0 aliphatic rings. The smallest absolute Gasteiger partial charge is 0.134 e. The van der Waals surface area contributed by atoms with E-state index in [1.54, 1.807) is 0 Å². The molecular formula is C18H17ClN2O. The highest BCUT2D eigenvalue weighted by atomic mass is 35.5. The van der Waals surface area contributed by atoms with Crippen LogP contribution in [0.15, 0.2) is 48.5 Å². The Morgan fingerprint density at radius 1 is 1.09 bits per heavy atom. The van der Waals surface area contributed by atoms with Gasteiger partial charge in [-0.1, -0.05) is 47.5 Å². The molecule has 4 heteroatoms. The van der Waals surface area contributed by atoms with Gasteiger partial charge in [0.05, 0.1) is 17.7 Å². The van der Waals surface area contributed by atoms with Crippen molar-refractivity contribution in [3.05, 3.63) is 70.4 Å². The summed E-state index contributed by atoms with van der Waals surface area (Å²) in [4.78, 5) is 4.46. The first kappa shape index (κ1) is 14.8. The van der Waals surface area contributed by atoms with Crippen LogP contribution in [0, 0.1) is 13.8 Å².